The lowest BCUT2D eigenvalue weighted by Crippen LogP contribution is -2.29. The van der Waals surface area contributed by atoms with Crippen molar-refractivity contribution < 1.29 is 18.4 Å². The molecule has 0 spiro atoms. The number of nitrogens with one attached hydrogen (secondary N) is 1. The van der Waals surface area contributed by atoms with E-state index >= 15 is 0 Å². The first kappa shape index (κ1) is 13.5. The van der Waals surface area contributed by atoms with Gasteiger partial charge in [-0.25, -0.2) is 13.6 Å². The molecule has 1 aliphatic heterocycles. The van der Waals surface area contributed by atoms with Gasteiger partial charge in [0.15, 0.2) is 0 Å². The van der Waals surface area contributed by atoms with Crippen LogP contribution in [0.2, 0.25) is 0 Å². The van der Waals surface area contributed by atoms with Gasteiger partial charge in [-0.2, -0.15) is 0 Å². The van der Waals surface area contributed by atoms with Crippen LogP contribution in [0.1, 0.15) is 24.9 Å². The van der Waals surface area contributed by atoms with Crippen LogP contribution in [0.15, 0.2) is 18.2 Å². The third-order valence-corrected chi connectivity index (χ3v) is 3.06. The van der Waals surface area contributed by atoms with Crippen LogP contribution < -0.4 is 5.32 Å². The van der Waals surface area contributed by atoms with E-state index < -0.39 is 17.7 Å². The van der Waals surface area contributed by atoms with Crippen LogP contribution in [-0.4, -0.2) is 29.8 Å². The molecule has 1 unspecified atom stereocenters. The van der Waals surface area contributed by atoms with Crippen LogP contribution in [-0.2, 0) is 4.79 Å². The van der Waals surface area contributed by atoms with Crippen molar-refractivity contribution in [3.8, 4) is 0 Å². The van der Waals surface area contributed by atoms with E-state index in [0.29, 0.717) is 6.54 Å². The summed E-state index contributed by atoms with van der Waals surface area (Å²) in [6.07, 6.45) is 0.270. The number of rotatable bonds is 4. The van der Waals surface area contributed by atoms with Gasteiger partial charge in [-0.05, 0) is 13.0 Å². The van der Waals surface area contributed by atoms with Crippen LogP contribution in [0.25, 0.3) is 0 Å². The lowest BCUT2D eigenvalue weighted by Gasteiger charge is -2.14. The Balaban J connectivity index is 2.07. The topological polar surface area (TPSA) is 49.4 Å². The van der Waals surface area contributed by atoms with Gasteiger partial charge in [-0.1, -0.05) is 6.07 Å². The second kappa shape index (κ2) is 5.34. The molecule has 1 fully saturated rings. The molecule has 0 aromatic heterocycles. The van der Waals surface area contributed by atoms with Crippen molar-refractivity contribution in [3.05, 3.63) is 35.4 Å². The minimum absolute atomic E-state index is 0.00999. The second-order valence-electron chi connectivity index (χ2n) is 4.57. The Labute approximate surface area is 109 Å². The Morgan fingerprint density at radius 3 is 2.84 bits per heavy atom. The van der Waals surface area contributed by atoms with Crippen molar-refractivity contribution in [2.24, 2.45) is 0 Å². The summed E-state index contributed by atoms with van der Waals surface area (Å²) in [4.78, 5) is 24.0. The van der Waals surface area contributed by atoms with Crippen molar-refractivity contribution >= 4 is 11.8 Å². The molecular weight excluding hydrogens is 254 g/mol. The molecule has 102 valence electrons. The van der Waals surface area contributed by atoms with Crippen molar-refractivity contribution in [2.45, 2.75) is 19.4 Å². The lowest BCUT2D eigenvalue weighted by atomic mass is 10.1. The maximum atomic E-state index is 13.6. The first-order chi connectivity index (χ1) is 8.97. The van der Waals surface area contributed by atoms with E-state index in [-0.39, 0.29) is 30.3 Å². The monoisotopic (exact) mass is 268 g/mol. The fraction of sp³-hybridized carbons (Fsp3) is 0.385. The number of Topliss-reactive ketones (excluding diaryl/α,β-unsaturated/α-hetero) is 1. The Bertz CT molecular complexity index is 519. The van der Waals surface area contributed by atoms with E-state index in [1.165, 1.54) is 17.9 Å². The highest BCUT2D eigenvalue weighted by molar-refractivity contribution is 5.79. The summed E-state index contributed by atoms with van der Waals surface area (Å²) in [5.41, 5.74) is 0.250. The summed E-state index contributed by atoms with van der Waals surface area (Å²) in [5.74, 6) is -1.35. The van der Waals surface area contributed by atoms with E-state index in [0.717, 1.165) is 12.1 Å². The molecule has 0 saturated carbocycles. The number of halogens is 2. The van der Waals surface area contributed by atoms with E-state index in [1.54, 1.807) is 0 Å². The van der Waals surface area contributed by atoms with Gasteiger partial charge < -0.3 is 10.2 Å². The van der Waals surface area contributed by atoms with E-state index in [4.69, 9.17) is 0 Å². The molecule has 1 N–H and O–H groups in total. The largest absolute Gasteiger partial charge is 0.329 e. The lowest BCUT2D eigenvalue weighted by molar-refractivity contribution is -0.117. The average molecular weight is 268 g/mol. The molecular formula is C13H14F2N2O2. The number of carbonyl (C=O) groups is 2. The first-order valence-electron chi connectivity index (χ1n) is 5.97. The molecule has 0 radical (unpaired) electrons. The number of ketones is 1. The van der Waals surface area contributed by atoms with Gasteiger partial charge in [0.25, 0.3) is 0 Å². The predicted molar refractivity (Wildman–Crippen MR) is 64.5 cm³/mol. The maximum Gasteiger partial charge on any atom is 0.318 e. The Hall–Kier alpha value is -1.98. The number of nitrogens with zero attached hydrogens (tertiary/aromatic N) is 1. The minimum atomic E-state index is -0.682. The molecule has 2 amide bonds. The smallest absolute Gasteiger partial charge is 0.318 e. The number of urea groups is 1. The standard InChI is InChI=1S/C13H14F2N2O2/c1-8(18)4-5-17-7-12(16-13(17)19)10-3-2-9(14)6-11(10)15/h2-3,6,12H,4-5,7H2,1H3,(H,16,19). The molecule has 1 heterocycles. The van der Waals surface area contributed by atoms with Gasteiger partial charge in [-0.15, -0.1) is 0 Å². The second-order valence-corrected chi connectivity index (χ2v) is 4.57. The fourth-order valence-corrected chi connectivity index (χ4v) is 2.03. The summed E-state index contributed by atoms with van der Waals surface area (Å²) in [6, 6.07) is 2.42. The van der Waals surface area contributed by atoms with Gasteiger partial charge in [-0.3, -0.25) is 4.79 Å². The summed E-state index contributed by atoms with van der Waals surface area (Å²) in [6.45, 7) is 2.03. The molecule has 6 heteroatoms. The molecule has 1 aromatic rings. The molecule has 4 nitrogen and oxygen atoms in total. The van der Waals surface area contributed by atoms with E-state index in [2.05, 4.69) is 5.32 Å². The zero-order valence-corrected chi connectivity index (χ0v) is 10.5. The zero-order valence-electron chi connectivity index (χ0n) is 10.5. The van der Waals surface area contributed by atoms with Crippen molar-refractivity contribution in [3.63, 3.8) is 0 Å². The summed E-state index contributed by atoms with van der Waals surface area (Å²) in [5, 5.41) is 2.62. The predicted octanol–water partition coefficient (Wildman–Crippen LogP) is 2.01. The normalized spacial score (nSPS) is 18.6. The van der Waals surface area contributed by atoms with Crippen molar-refractivity contribution in [1.29, 1.82) is 0 Å². The van der Waals surface area contributed by atoms with Gasteiger partial charge >= 0.3 is 6.03 Å². The molecule has 2 rings (SSSR count). The molecule has 1 saturated heterocycles. The van der Waals surface area contributed by atoms with Gasteiger partial charge in [0.2, 0.25) is 0 Å². The molecule has 1 aliphatic rings. The van der Waals surface area contributed by atoms with Crippen molar-refractivity contribution in [1.82, 2.24) is 10.2 Å². The quantitative estimate of drug-likeness (QED) is 0.908. The van der Waals surface area contributed by atoms with Crippen LogP contribution >= 0.6 is 0 Å². The number of hydrogen-bond acceptors (Lipinski definition) is 2. The number of carbonyl (C=O) groups excluding carboxylic acids is 2. The van der Waals surface area contributed by atoms with Crippen LogP contribution in [0, 0.1) is 11.6 Å². The SMILES string of the molecule is CC(=O)CCN1CC(c2ccc(F)cc2F)NC1=O. The third-order valence-electron chi connectivity index (χ3n) is 3.06. The van der Waals surface area contributed by atoms with E-state index in [9.17, 15) is 18.4 Å². The average Bonchev–Trinajstić information content (AvgIpc) is 2.67. The molecule has 1 aromatic carbocycles. The van der Waals surface area contributed by atoms with Crippen LogP contribution in [0.3, 0.4) is 0 Å². The first-order valence-corrected chi connectivity index (χ1v) is 5.97. The fourth-order valence-electron chi connectivity index (χ4n) is 2.03. The molecule has 0 bridgehead atoms. The van der Waals surface area contributed by atoms with Gasteiger partial charge in [0, 0.05) is 31.1 Å². The van der Waals surface area contributed by atoms with E-state index in [1.807, 2.05) is 0 Å². The summed E-state index contributed by atoms with van der Waals surface area (Å²) < 4.78 is 26.4. The number of benzene rings is 1. The minimum Gasteiger partial charge on any atom is -0.329 e. The number of hydrogen-bond donors (Lipinski definition) is 1. The Morgan fingerprint density at radius 2 is 2.21 bits per heavy atom. The number of amides is 2. The van der Waals surface area contributed by atoms with Crippen LogP contribution in [0.4, 0.5) is 13.6 Å². The molecule has 0 aliphatic carbocycles. The van der Waals surface area contributed by atoms with Crippen LogP contribution in [0.5, 0.6) is 0 Å². The van der Waals surface area contributed by atoms with Gasteiger partial charge in [0.05, 0.1) is 6.04 Å². The molecule has 19 heavy (non-hydrogen) atoms. The van der Waals surface area contributed by atoms with Crippen molar-refractivity contribution in [2.75, 3.05) is 13.1 Å². The summed E-state index contributed by atoms with van der Waals surface area (Å²) >= 11 is 0. The maximum absolute atomic E-state index is 13.6. The zero-order chi connectivity index (χ0) is 14.0. The highest BCUT2D eigenvalue weighted by Gasteiger charge is 2.31. The molecule has 1 atom stereocenters. The Kier molecular flexibility index (Phi) is 3.78. The Morgan fingerprint density at radius 1 is 1.47 bits per heavy atom. The highest BCUT2D eigenvalue weighted by atomic mass is 19.1. The third kappa shape index (κ3) is 3.07. The van der Waals surface area contributed by atoms with Gasteiger partial charge in [0.1, 0.15) is 17.4 Å². The summed E-state index contributed by atoms with van der Waals surface area (Å²) in [7, 11) is 0. The highest BCUT2D eigenvalue weighted by Crippen LogP contribution is 2.23.